The maximum absolute atomic E-state index is 12.2. The molecular formula is C22H18Cl2N2O. The van der Waals surface area contributed by atoms with Crippen molar-refractivity contribution >= 4 is 34.8 Å². The van der Waals surface area contributed by atoms with Gasteiger partial charge in [0.1, 0.15) is 0 Å². The Morgan fingerprint density at radius 2 is 1.59 bits per heavy atom. The molecule has 27 heavy (non-hydrogen) atoms. The average Bonchev–Trinajstić information content (AvgIpc) is 2.99. The first-order valence-corrected chi connectivity index (χ1v) is 9.02. The number of rotatable bonds is 4. The van der Waals surface area contributed by atoms with Gasteiger partial charge in [0.25, 0.3) is 5.91 Å². The summed E-state index contributed by atoms with van der Waals surface area (Å²) in [5.41, 5.74) is 5.87. The summed E-state index contributed by atoms with van der Waals surface area (Å²) < 4.78 is 2.11. The lowest BCUT2D eigenvalue weighted by molar-refractivity contribution is -0.688. The molecule has 0 atom stereocenters. The standard InChI is InChI=1S/C22H17ClN2O.ClH/c23-14-17-5-7-18(8-6-17)15-25-11-9-16(10-12-25)13-20-19-3-1-2-4-21(19)24-22(20)26;/h1-13H,14-15H2;1H. The van der Waals surface area contributed by atoms with Crippen molar-refractivity contribution in [3.63, 3.8) is 0 Å². The number of hydrogen-bond donors (Lipinski definition) is 1. The number of amides is 1. The van der Waals surface area contributed by atoms with Crippen LogP contribution in [0.25, 0.3) is 11.6 Å². The number of para-hydroxylation sites is 1. The lowest BCUT2D eigenvalue weighted by Gasteiger charge is -2.01. The van der Waals surface area contributed by atoms with Crippen LogP contribution in [0.5, 0.6) is 0 Å². The molecule has 0 aliphatic carbocycles. The zero-order valence-electron chi connectivity index (χ0n) is 14.5. The fourth-order valence-corrected chi connectivity index (χ4v) is 3.24. The van der Waals surface area contributed by atoms with E-state index in [-0.39, 0.29) is 18.3 Å². The number of anilines is 1. The lowest BCUT2D eigenvalue weighted by Crippen LogP contribution is -3.00. The molecule has 1 aliphatic rings. The Morgan fingerprint density at radius 3 is 2.30 bits per heavy atom. The van der Waals surface area contributed by atoms with Crippen LogP contribution in [0.15, 0.2) is 73.1 Å². The number of carbonyl (C=O) groups excluding carboxylic acids is 1. The molecule has 0 fully saturated rings. The molecule has 1 N–H and O–H groups in total. The summed E-state index contributed by atoms with van der Waals surface area (Å²) >= 11 is 5.83. The van der Waals surface area contributed by atoms with Gasteiger partial charge in [-0.15, -0.1) is 11.6 Å². The van der Waals surface area contributed by atoms with Gasteiger partial charge in [-0.1, -0.05) is 42.5 Å². The van der Waals surface area contributed by atoms with Gasteiger partial charge in [-0.05, 0) is 23.3 Å². The van der Waals surface area contributed by atoms with Gasteiger partial charge in [-0.25, -0.2) is 4.57 Å². The summed E-state index contributed by atoms with van der Waals surface area (Å²) in [6.45, 7) is 0.794. The molecule has 0 spiro atoms. The van der Waals surface area contributed by atoms with Gasteiger partial charge in [-0.3, -0.25) is 4.79 Å². The summed E-state index contributed by atoms with van der Waals surface area (Å²) in [7, 11) is 0. The van der Waals surface area contributed by atoms with Crippen molar-refractivity contribution in [3.8, 4) is 0 Å². The number of pyridine rings is 1. The van der Waals surface area contributed by atoms with Crippen LogP contribution in [-0.4, -0.2) is 5.91 Å². The molecule has 0 bridgehead atoms. The quantitative estimate of drug-likeness (QED) is 0.402. The monoisotopic (exact) mass is 396 g/mol. The Bertz CT molecular complexity index is 980. The maximum Gasteiger partial charge on any atom is 0.256 e. The van der Waals surface area contributed by atoms with Crippen LogP contribution < -0.4 is 22.3 Å². The van der Waals surface area contributed by atoms with E-state index in [9.17, 15) is 4.79 Å². The van der Waals surface area contributed by atoms with E-state index in [1.54, 1.807) is 0 Å². The van der Waals surface area contributed by atoms with Gasteiger partial charge < -0.3 is 17.7 Å². The maximum atomic E-state index is 12.2. The van der Waals surface area contributed by atoms with Gasteiger partial charge in [-0.2, -0.15) is 0 Å². The van der Waals surface area contributed by atoms with E-state index in [1.165, 1.54) is 5.56 Å². The number of nitrogens with one attached hydrogen (secondary N) is 1. The second kappa shape index (κ2) is 8.38. The molecule has 3 nitrogen and oxygen atoms in total. The Labute approximate surface area is 169 Å². The van der Waals surface area contributed by atoms with Crippen LogP contribution in [-0.2, 0) is 17.2 Å². The molecule has 5 heteroatoms. The van der Waals surface area contributed by atoms with Gasteiger partial charge in [0.05, 0.1) is 0 Å². The fraction of sp³-hybridized carbons (Fsp3) is 0.0909. The average molecular weight is 397 g/mol. The van der Waals surface area contributed by atoms with Crippen LogP contribution in [0.1, 0.15) is 22.3 Å². The molecule has 0 saturated carbocycles. The van der Waals surface area contributed by atoms with Crippen molar-refractivity contribution in [3.05, 3.63) is 95.3 Å². The molecule has 4 rings (SSSR count). The normalized spacial score (nSPS) is 13.8. The van der Waals surface area contributed by atoms with E-state index < -0.39 is 0 Å². The number of nitrogens with zero attached hydrogens (tertiary/aromatic N) is 1. The third-order valence-corrected chi connectivity index (χ3v) is 4.79. The molecule has 0 unspecified atom stereocenters. The number of aromatic nitrogens is 1. The van der Waals surface area contributed by atoms with Crippen LogP contribution in [0, 0.1) is 0 Å². The second-order valence-corrected chi connectivity index (χ2v) is 6.58. The minimum absolute atomic E-state index is 0. The highest BCUT2D eigenvalue weighted by Crippen LogP contribution is 2.32. The molecule has 2 heterocycles. The molecular weight excluding hydrogens is 379 g/mol. The van der Waals surface area contributed by atoms with Crippen LogP contribution in [0.2, 0.25) is 0 Å². The highest BCUT2D eigenvalue weighted by molar-refractivity contribution is 6.34. The molecule has 1 aromatic heterocycles. The van der Waals surface area contributed by atoms with Crippen LogP contribution in [0.4, 0.5) is 5.69 Å². The van der Waals surface area contributed by atoms with Crippen molar-refractivity contribution in [1.29, 1.82) is 0 Å². The molecule has 2 aromatic carbocycles. The third-order valence-electron chi connectivity index (χ3n) is 4.48. The van der Waals surface area contributed by atoms with E-state index >= 15 is 0 Å². The van der Waals surface area contributed by atoms with Gasteiger partial charge in [0, 0.05) is 40.4 Å². The number of carbonyl (C=O) groups is 1. The molecule has 1 aliphatic heterocycles. The fourth-order valence-electron chi connectivity index (χ4n) is 3.06. The first-order valence-electron chi connectivity index (χ1n) is 8.48. The Morgan fingerprint density at radius 1 is 0.926 bits per heavy atom. The predicted molar refractivity (Wildman–Crippen MR) is 105 cm³/mol. The first-order chi connectivity index (χ1) is 12.7. The van der Waals surface area contributed by atoms with Crippen molar-refractivity contribution in [2.45, 2.75) is 12.4 Å². The number of alkyl halides is 1. The van der Waals surface area contributed by atoms with Gasteiger partial charge in [0.15, 0.2) is 18.9 Å². The smallest absolute Gasteiger partial charge is 0.256 e. The van der Waals surface area contributed by atoms with Crippen molar-refractivity contribution < 1.29 is 21.8 Å². The molecule has 0 saturated heterocycles. The third kappa shape index (κ3) is 4.21. The minimum Gasteiger partial charge on any atom is -1.00 e. The van der Waals surface area contributed by atoms with Crippen LogP contribution >= 0.6 is 11.6 Å². The molecule has 3 aromatic rings. The molecule has 1 amide bonds. The van der Waals surface area contributed by atoms with Crippen LogP contribution in [0.3, 0.4) is 0 Å². The Kier molecular flexibility index (Phi) is 5.94. The zero-order valence-corrected chi connectivity index (χ0v) is 16.0. The predicted octanol–water partition coefficient (Wildman–Crippen LogP) is 1.26. The van der Waals surface area contributed by atoms with Crippen molar-refractivity contribution in [2.75, 3.05) is 5.32 Å². The summed E-state index contributed by atoms with van der Waals surface area (Å²) in [5.74, 6) is 0.482. The first kappa shape index (κ1) is 19.2. The Balaban J connectivity index is 0.00000210. The van der Waals surface area contributed by atoms with Gasteiger partial charge >= 0.3 is 0 Å². The minimum atomic E-state index is -0.0534. The summed E-state index contributed by atoms with van der Waals surface area (Å²) in [6.07, 6.45) is 5.99. The second-order valence-electron chi connectivity index (χ2n) is 6.31. The Hall–Kier alpha value is -2.62. The SMILES string of the molecule is O=C1Nc2ccccc2/C1=C\c1cc[n+](Cc2ccc(CCl)cc2)cc1.[Cl-]. The van der Waals surface area contributed by atoms with E-state index in [0.717, 1.165) is 28.9 Å². The highest BCUT2D eigenvalue weighted by atomic mass is 35.5. The van der Waals surface area contributed by atoms with E-state index in [2.05, 4.69) is 34.1 Å². The summed E-state index contributed by atoms with van der Waals surface area (Å²) in [5, 5.41) is 2.90. The van der Waals surface area contributed by atoms with Crippen molar-refractivity contribution in [1.82, 2.24) is 0 Å². The number of hydrogen-bond acceptors (Lipinski definition) is 1. The number of benzene rings is 2. The topological polar surface area (TPSA) is 33.0 Å². The van der Waals surface area contributed by atoms with Gasteiger partial charge in [0.2, 0.25) is 0 Å². The van der Waals surface area contributed by atoms with E-state index in [4.69, 9.17) is 11.6 Å². The van der Waals surface area contributed by atoms with Crippen molar-refractivity contribution in [2.24, 2.45) is 0 Å². The summed E-state index contributed by atoms with van der Waals surface area (Å²) in [4.78, 5) is 12.2. The number of halogens is 2. The lowest BCUT2D eigenvalue weighted by atomic mass is 10.0. The highest BCUT2D eigenvalue weighted by Gasteiger charge is 2.23. The van der Waals surface area contributed by atoms with E-state index in [0.29, 0.717) is 11.5 Å². The molecule has 0 radical (unpaired) electrons. The molecule has 136 valence electrons. The summed E-state index contributed by atoms with van der Waals surface area (Å²) in [6, 6.07) is 20.1. The van der Waals surface area contributed by atoms with E-state index in [1.807, 2.05) is 54.9 Å². The zero-order chi connectivity index (χ0) is 17.9. The number of fused-ring (bicyclic) bond motifs is 1. The largest absolute Gasteiger partial charge is 1.00 e.